The second kappa shape index (κ2) is 4.81. The second-order valence-corrected chi connectivity index (χ2v) is 4.13. The molecule has 0 aromatic heterocycles. The van der Waals surface area contributed by atoms with Crippen LogP contribution in [-0.2, 0) is 10.1 Å². The molecule has 0 amide bonds. The molecule has 0 spiro atoms. The van der Waals surface area contributed by atoms with Crippen LogP contribution in [0.3, 0.4) is 0 Å². The van der Waals surface area contributed by atoms with Crippen LogP contribution in [-0.4, -0.2) is 21.5 Å². The number of halogens is 1. The summed E-state index contributed by atoms with van der Waals surface area (Å²) in [6, 6.07) is 2.03. The van der Waals surface area contributed by atoms with Crippen molar-refractivity contribution in [1.29, 1.82) is 5.26 Å². The number of hydrogen-bond donors (Lipinski definition) is 0. The second-order valence-electron chi connectivity index (χ2n) is 2.63. The number of benzene rings is 1. The van der Waals surface area contributed by atoms with Gasteiger partial charge >= 0.3 is 10.1 Å². The first kappa shape index (κ1) is 10.7. The third kappa shape index (κ3) is 2.84. The van der Waals surface area contributed by atoms with Gasteiger partial charge in [-0.25, -0.2) is 4.39 Å². The Labute approximate surface area is 93.6 Å². The van der Waals surface area contributed by atoms with Gasteiger partial charge in [-0.2, -0.15) is 13.7 Å². The number of rotatable bonds is 4. The molecule has 5 nitrogen and oxygen atoms in total. The fourth-order valence-corrected chi connectivity index (χ4v) is 1.35. The van der Waals surface area contributed by atoms with Crippen molar-refractivity contribution in [2.45, 2.75) is 0 Å². The van der Waals surface area contributed by atoms with Gasteiger partial charge in [0.05, 0.1) is 20.1 Å². The Morgan fingerprint density at radius 1 is 1.56 bits per heavy atom. The minimum absolute atomic E-state index is 0.00755. The fourth-order valence-electron chi connectivity index (χ4n) is 0.902. The molecule has 0 saturated heterocycles. The zero-order valence-corrected chi connectivity index (χ0v) is 9.04. The van der Waals surface area contributed by atoms with Crippen molar-refractivity contribution < 1.29 is 23.1 Å². The van der Waals surface area contributed by atoms with Crippen LogP contribution in [0.4, 0.5) is 4.39 Å². The lowest BCUT2D eigenvalue weighted by Gasteiger charge is -2.08. The molecule has 0 aliphatic rings. The largest absolute Gasteiger partial charge is 0.493 e. The third-order valence-electron chi connectivity index (χ3n) is 1.55. The molecule has 0 N–H and O–H groups in total. The zero-order valence-electron chi connectivity index (χ0n) is 9.23. The molecule has 0 radical (unpaired) electrons. The van der Waals surface area contributed by atoms with Gasteiger partial charge in [0, 0.05) is 6.04 Å². The lowest BCUT2D eigenvalue weighted by Crippen LogP contribution is -2.11. The molecule has 86 valence electrons. The number of nitrogens with zero attached hydrogens (tertiary/aromatic N) is 1. The van der Waals surface area contributed by atoms with Crippen LogP contribution in [0.1, 0.15) is 6.93 Å². The van der Waals surface area contributed by atoms with E-state index in [2.05, 4.69) is 4.18 Å². The summed E-state index contributed by atoms with van der Waals surface area (Å²) in [4.78, 5) is 0. The molecule has 16 heavy (non-hydrogen) atoms. The molecule has 0 bridgehead atoms. The zero-order chi connectivity index (χ0) is 13.1. The third-order valence-corrected chi connectivity index (χ3v) is 2.25. The highest BCUT2D eigenvalue weighted by Crippen LogP contribution is 2.29. The van der Waals surface area contributed by atoms with Crippen molar-refractivity contribution in [3.8, 4) is 17.6 Å². The Balaban J connectivity index is 3.28. The quantitative estimate of drug-likeness (QED) is 0.747. The summed E-state index contributed by atoms with van der Waals surface area (Å²) >= 11 is 0. The Kier molecular flexibility index (Phi) is 3.22. The van der Waals surface area contributed by atoms with Gasteiger partial charge in [0.1, 0.15) is 0 Å². The van der Waals surface area contributed by atoms with Crippen molar-refractivity contribution in [3.63, 3.8) is 0 Å². The molecule has 0 atom stereocenters. The highest BCUT2D eigenvalue weighted by atomic mass is 32.2. The van der Waals surface area contributed by atoms with E-state index in [1.807, 2.05) is 0 Å². The molecule has 0 aliphatic heterocycles. The van der Waals surface area contributed by atoms with Crippen LogP contribution in [0.25, 0.3) is 0 Å². The van der Waals surface area contributed by atoms with Gasteiger partial charge in [-0.3, -0.25) is 0 Å². The molecule has 0 fully saturated rings. The maximum atomic E-state index is 12.1. The summed E-state index contributed by atoms with van der Waals surface area (Å²) in [5.41, 5.74) is -0.00755. The Hall–Kier alpha value is -1.81. The topological polar surface area (TPSA) is 76.4 Å². The first-order valence-electron chi connectivity index (χ1n) is 4.51. The number of hydrogen-bond acceptors (Lipinski definition) is 5. The van der Waals surface area contributed by atoms with Crippen molar-refractivity contribution >= 4 is 10.1 Å². The van der Waals surface area contributed by atoms with Crippen molar-refractivity contribution in [3.05, 3.63) is 23.7 Å². The Morgan fingerprint density at radius 2 is 2.25 bits per heavy atom. The number of nitriles is 1. The van der Waals surface area contributed by atoms with Gasteiger partial charge in [0.25, 0.3) is 0 Å². The maximum Gasteiger partial charge on any atom is 0.339 e. The molecule has 7 heteroatoms. The first-order chi connectivity index (χ1) is 7.95. The number of methoxy groups -OCH3 is 1. The van der Waals surface area contributed by atoms with Crippen LogP contribution in [0.5, 0.6) is 11.5 Å². The molecule has 0 saturated carbocycles. The predicted octanol–water partition coefficient (Wildman–Crippen LogP) is 1.20. The standard InChI is InChI=1S/C9H8FNO4S/c1-14-9-4-7(5-11)2-3-8(9)15-16(12,13)6-10/h2-4H,6H2,1H3/i4T. The van der Waals surface area contributed by atoms with E-state index in [-0.39, 0.29) is 23.1 Å². The summed E-state index contributed by atoms with van der Waals surface area (Å²) in [7, 11) is -3.17. The summed E-state index contributed by atoms with van der Waals surface area (Å²) in [6.45, 7) is 0. The average Bonchev–Trinajstić information content (AvgIpc) is 2.29. The Bertz CT molecular complexity index is 567. The van der Waals surface area contributed by atoms with E-state index in [1.54, 1.807) is 6.07 Å². The van der Waals surface area contributed by atoms with E-state index < -0.39 is 16.1 Å². The fraction of sp³-hybridized carbons (Fsp3) is 0.222. The molecule has 0 unspecified atom stereocenters. The van der Waals surface area contributed by atoms with E-state index in [1.165, 1.54) is 13.2 Å². The highest BCUT2D eigenvalue weighted by molar-refractivity contribution is 7.86. The van der Waals surface area contributed by atoms with Crippen molar-refractivity contribution in [2.24, 2.45) is 0 Å². The highest BCUT2D eigenvalue weighted by Gasteiger charge is 2.15. The molecular weight excluding hydrogens is 237 g/mol. The normalized spacial score (nSPS) is 11.4. The van der Waals surface area contributed by atoms with Crippen LogP contribution in [0.15, 0.2) is 18.2 Å². The van der Waals surface area contributed by atoms with Crippen LogP contribution < -0.4 is 8.92 Å². The number of alkyl halides is 1. The summed E-state index contributed by atoms with van der Waals surface area (Å²) < 4.78 is 50.6. The van der Waals surface area contributed by atoms with Crippen molar-refractivity contribution in [2.75, 3.05) is 13.1 Å². The van der Waals surface area contributed by atoms with Crippen molar-refractivity contribution in [1.82, 2.24) is 0 Å². The maximum absolute atomic E-state index is 12.1. The summed E-state index contributed by atoms with van der Waals surface area (Å²) in [5.74, 6) is -0.560. The smallest absolute Gasteiger partial charge is 0.339 e. The Morgan fingerprint density at radius 3 is 2.75 bits per heavy atom. The first-order valence-corrected chi connectivity index (χ1v) is 5.58. The van der Waals surface area contributed by atoms with Crippen LogP contribution >= 0.6 is 0 Å². The molecule has 0 heterocycles. The van der Waals surface area contributed by atoms with Gasteiger partial charge in [0.15, 0.2) is 11.5 Å². The molecular formula is C9H8FNO4S. The van der Waals surface area contributed by atoms with Gasteiger partial charge in [-0.15, -0.1) is 0 Å². The monoisotopic (exact) mass is 247 g/mol. The lowest BCUT2D eigenvalue weighted by molar-refractivity contribution is 0.386. The summed E-state index contributed by atoms with van der Waals surface area (Å²) in [6.07, 6.45) is 0. The minimum Gasteiger partial charge on any atom is -0.493 e. The van der Waals surface area contributed by atoms with Gasteiger partial charge in [-0.1, -0.05) is 0 Å². The van der Waals surface area contributed by atoms with Gasteiger partial charge in [-0.05, 0) is 12.1 Å². The molecule has 1 rings (SSSR count). The van der Waals surface area contributed by atoms with E-state index in [4.69, 9.17) is 11.4 Å². The minimum atomic E-state index is -4.35. The van der Waals surface area contributed by atoms with E-state index in [9.17, 15) is 12.8 Å². The average molecular weight is 247 g/mol. The van der Waals surface area contributed by atoms with E-state index in [0.29, 0.717) is 0 Å². The lowest BCUT2D eigenvalue weighted by atomic mass is 10.2. The van der Waals surface area contributed by atoms with Crippen LogP contribution in [0, 0.1) is 11.3 Å². The molecule has 1 aromatic rings. The molecule has 0 aliphatic carbocycles. The summed E-state index contributed by atoms with van der Waals surface area (Å²) in [5, 5.41) is 8.66. The van der Waals surface area contributed by atoms with Crippen LogP contribution in [0.2, 0.25) is 0 Å². The SMILES string of the molecule is [3H]c1c(C#N)ccc(OS(=O)(=O)CF)c1OC. The van der Waals surface area contributed by atoms with E-state index in [0.717, 1.165) is 6.07 Å². The van der Waals surface area contributed by atoms with Gasteiger partial charge < -0.3 is 8.92 Å². The van der Waals surface area contributed by atoms with E-state index >= 15 is 0 Å². The molecule has 1 aromatic carbocycles. The van der Waals surface area contributed by atoms with Gasteiger partial charge in [0.2, 0.25) is 6.01 Å². The number of ether oxygens (including phenoxy) is 1. The predicted molar refractivity (Wildman–Crippen MR) is 53.2 cm³/mol.